The molecule has 158 valence electrons. The van der Waals surface area contributed by atoms with Crippen LogP contribution in [0.2, 0.25) is 0 Å². The number of pyridine rings is 1. The summed E-state index contributed by atoms with van der Waals surface area (Å²) in [6.45, 7) is 7.70. The molecule has 0 saturated heterocycles. The van der Waals surface area contributed by atoms with E-state index in [4.69, 9.17) is 0 Å². The fourth-order valence-corrected chi connectivity index (χ4v) is 4.14. The van der Waals surface area contributed by atoms with Crippen molar-refractivity contribution in [2.75, 3.05) is 6.54 Å². The van der Waals surface area contributed by atoms with E-state index in [0.717, 1.165) is 24.0 Å². The van der Waals surface area contributed by atoms with Crippen LogP contribution in [0.4, 0.5) is 0 Å². The topological polar surface area (TPSA) is 93.3 Å². The van der Waals surface area contributed by atoms with Crippen molar-refractivity contribution < 1.29 is 9.59 Å². The smallest absolute Gasteiger partial charge is 0.253 e. The zero-order chi connectivity index (χ0) is 21.3. The molecule has 3 heterocycles. The summed E-state index contributed by atoms with van der Waals surface area (Å²) in [5.41, 5.74) is 2.24. The molecule has 0 radical (unpaired) electrons. The van der Waals surface area contributed by atoms with Crippen molar-refractivity contribution in [3.63, 3.8) is 0 Å². The molecular weight excluding hydrogens is 380 g/mol. The molecule has 1 saturated carbocycles. The van der Waals surface area contributed by atoms with Crippen LogP contribution in [0.1, 0.15) is 43.1 Å². The number of nitrogens with one attached hydrogen (secondary N) is 2. The highest BCUT2D eigenvalue weighted by Gasteiger charge is 2.48. The second kappa shape index (κ2) is 7.93. The summed E-state index contributed by atoms with van der Waals surface area (Å²) in [4.78, 5) is 25.1. The van der Waals surface area contributed by atoms with Gasteiger partial charge in [0.25, 0.3) is 5.91 Å². The van der Waals surface area contributed by atoms with Gasteiger partial charge >= 0.3 is 0 Å². The molecule has 0 aromatic carbocycles. The van der Waals surface area contributed by atoms with Crippen LogP contribution in [0.5, 0.6) is 0 Å². The summed E-state index contributed by atoms with van der Waals surface area (Å²) in [7, 11) is 0. The number of carbonyl (C=O) groups is 2. The molecule has 2 unspecified atom stereocenters. The minimum Gasteiger partial charge on any atom is -0.356 e. The Hall–Kier alpha value is -3.16. The van der Waals surface area contributed by atoms with Gasteiger partial charge in [-0.2, -0.15) is 10.2 Å². The number of carbonyl (C=O) groups excluding carboxylic acids is 2. The molecule has 2 N–H and O–H groups in total. The van der Waals surface area contributed by atoms with Gasteiger partial charge in [0.1, 0.15) is 0 Å². The molecule has 0 aliphatic heterocycles. The first-order valence-electron chi connectivity index (χ1n) is 10.4. The zero-order valence-corrected chi connectivity index (χ0v) is 17.6. The molecule has 8 heteroatoms. The molecule has 8 nitrogen and oxygen atoms in total. The maximum atomic E-state index is 12.8. The fourth-order valence-electron chi connectivity index (χ4n) is 4.14. The normalized spacial score (nSPS) is 20.0. The van der Waals surface area contributed by atoms with E-state index in [1.165, 1.54) is 0 Å². The number of rotatable bonds is 7. The van der Waals surface area contributed by atoms with Gasteiger partial charge in [-0.3, -0.25) is 14.3 Å². The Morgan fingerprint density at radius 3 is 2.83 bits per heavy atom. The van der Waals surface area contributed by atoms with E-state index in [1.807, 2.05) is 42.2 Å². The van der Waals surface area contributed by atoms with E-state index in [2.05, 4.69) is 34.7 Å². The third-order valence-corrected chi connectivity index (χ3v) is 6.38. The lowest BCUT2D eigenvalue weighted by molar-refractivity contribution is -0.121. The Balaban J connectivity index is 1.29. The highest BCUT2D eigenvalue weighted by molar-refractivity contribution is 6.00. The monoisotopic (exact) mass is 408 g/mol. The largest absolute Gasteiger partial charge is 0.356 e. The van der Waals surface area contributed by atoms with E-state index >= 15 is 0 Å². The molecule has 3 aromatic heterocycles. The SMILES string of the molecule is CCn1cc(CC(=O)NCC2CC(NC(=O)c3cccn4nccc34)C2(C)C)cn1. The predicted molar refractivity (Wildman–Crippen MR) is 113 cm³/mol. The minimum absolute atomic E-state index is 0.00125. The Kier molecular flexibility index (Phi) is 5.32. The minimum atomic E-state index is -0.0959. The van der Waals surface area contributed by atoms with Gasteiger partial charge in [-0.1, -0.05) is 13.8 Å². The Bertz CT molecular complexity index is 1070. The van der Waals surface area contributed by atoms with E-state index in [-0.39, 0.29) is 23.3 Å². The first-order chi connectivity index (χ1) is 14.4. The molecule has 2 amide bonds. The lowest BCUT2D eigenvalue weighted by atomic mass is 9.58. The summed E-state index contributed by atoms with van der Waals surface area (Å²) >= 11 is 0. The molecule has 1 aliphatic carbocycles. The fraction of sp³-hybridized carbons (Fsp3) is 0.455. The molecular formula is C22H28N6O2. The van der Waals surface area contributed by atoms with Crippen molar-refractivity contribution in [2.24, 2.45) is 11.3 Å². The highest BCUT2D eigenvalue weighted by atomic mass is 16.2. The molecule has 4 rings (SSSR count). The first kappa shape index (κ1) is 20.1. The van der Waals surface area contributed by atoms with Crippen molar-refractivity contribution in [1.82, 2.24) is 30.0 Å². The highest BCUT2D eigenvalue weighted by Crippen LogP contribution is 2.46. The molecule has 1 aliphatic rings. The van der Waals surface area contributed by atoms with E-state index in [9.17, 15) is 9.59 Å². The standard InChI is InChI=1S/C22H28N6O2/c1-4-27-14-15(12-25-27)10-20(29)23-13-16-11-19(22(16,2)3)26-21(30)17-6-5-9-28-18(17)7-8-24-28/h5-9,12,14,16,19H,4,10-11,13H2,1-3H3,(H,23,29)(H,26,30). The summed E-state index contributed by atoms with van der Waals surface area (Å²) in [5, 5.41) is 14.6. The molecule has 0 spiro atoms. The molecule has 30 heavy (non-hydrogen) atoms. The summed E-state index contributed by atoms with van der Waals surface area (Å²) in [5.74, 6) is 0.229. The Labute approximate surface area is 175 Å². The number of aryl methyl sites for hydroxylation is 1. The number of nitrogens with zero attached hydrogens (tertiary/aromatic N) is 4. The average molecular weight is 409 g/mol. The van der Waals surface area contributed by atoms with Crippen LogP contribution in [0, 0.1) is 11.3 Å². The maximum Gasteiger partial charge on any atom is 0.253 e. The van der Waals surface area contributed by atoms with Crippen LogP contribution in [-0.2, 0) is 17.8 Å². The molecule has 3 aromatic rings. The first-order valence-corrected chi connectivity index (χ1v) is 10.4. The van der Waals surface area contributed by atoms with Gasteiger partial charge < -0.3 is 10.6 Å². The number of aromatic nitrogens is 4. The third-order valence-electron chi connectivity index (χ3n) is 6.38. The van der Waals surface area contributed by atoms with E-state index in [1.54, 1.807) is 16.9 Å². The maximum absolute atomic E-state index is 12.8. The third kappa shape index (κ3) is 3.81. The quantitative estimate of drug-likeness (QED) is 0.626. The average Bonchev–Trinajstić information content (AvgIpc) is 3.38. The summed E-state index contributed by atoms with van der Waals surface area (Å²) in [6, 6.07) is 5.54. The lowest BCUT2D eigenvalue weighted by Crippen LogP contribution is -2.60. The van der Waals surface area contributed by atoms with E-state index in [0.29, 0.717) is 24.4 Å². The Morgan fingerprint density at radius 1 is 1.27 bits per heavy atom. The molecule has 0 bridgehead atoms. The van der Waals surface area contributed by atoms with Crippen molar-refractivity contribution in [2.45, 2.75) is 46.2 Å². The summed E-state index contributed by atoms with van der Waals surface area (Å²) < 4.78 is 3.51. The van der Waals surface area contributed by atoms with Gasteiger partial charge in [-0.05, 0) is 48.4 Å². The second-order valence-corrected chi connectivity index (χ2v) is 8.55. The van der Waals surface area contributed by atoms with Gasteiger partial charge in [0.05, 0.1) is 29.9 Å². The van der Waals surface area contributed by atoms with Crippen LogP contribution >= 0.6 is 0 Å². The molecule has 2 atom stereocenters. The summed E-state index contributed by atoms with van der Waals surface area (Å²) in [6.07, 6.45) is 8.33. The van der Waals surface area contributed by atoms with Gasteiger partial charge in [0, 0.05) is 31.5 Å². The number of hydrogen-bond acceptors (Lipinski definition) is 4. The van der Waals surface area contributed by atoms with Crippen LogP contribution in [0.15, 0.2) is 43.0 Å². The van der Waals surface area contributed by atoms with Crippen LogP contribution < -0.4 is 10.6 Å². The van der Waals surface area contributed by atoms with Crippen molar-refractivity contribution in [1.29, 1.82) is 0 Å². The van der Waals surface area contributed by atoms with Crippen LogP contribution in [-0.4, -0.2) is 43.8 Å². The van der Waals surface area contributed by atoms with Gasteiger partial charge in [0.2, 0.25) is 5.91 Å². The number of amides is 2. The van der Waals surface area contributed by atoms with Crippen molar-refractivity contribution >= 4 is 17.3 Å². The molecule has 1 fully saturated rings. The van der Waals surface area contributed by atoms with Gasteiger partial charge in [-0.15, -0.1) is 0 Å². The zero-order valence-electron chi connectivity index (χ0n) is 17.6. The number of hydrogen-bond donors (Lipinski definition) is 2. The van der Waals surface area contributed by atoms with Gasteiger partial charge in [0.15, 0.2) is 0 Å². The van der Waals surface area contributed by atoms with Crippen molar-refractivity contribution in [3.8, 4) is 0 Å². The van der Waals surface area contributed by atoms with Crippen LogP contribution in [0.25, 0.3) is 5.52 Å². The van der Waals surface area contributed by atoms with E-state index < -0.39 is 0 Å². The van der Waals surface area contributed by atoms with Crippen LogP contribution in [0.3, 0.4) is 0 Å². The van der Waals surface area contributed by atoms with Gasteiger partial charge in [-0.25, -0.2) is 4.52 Å². The van der Waals surface area contributed by atoms with Crippen molar-refractivity contribution in [3.05, 3.63) is 54.1 Å². The lowest BCUT2D eigenvalue weighted by Gasteiger charge is -2.52. The predicted octanol–water partition coefficient (Wildman–Crippen LogP) is 2.05. The Morgan fingerprint density at radius 2 is 2.10 bits per heavy atom. The number of fused-ring (bicyclic) bond motifs is 1. The second-order valence-electron chi connectivity index (χ2n) is 8.55.